The number of rotatable bonds is 42. The van der Waals surface area contributed by atoms with Gasteiger partial charge in [0.15, 0.2) is 0 Å². The Morgan fingerprint density at radius 3 is 1.04 bits per heavy atom. The molecule has 298 valence electrons. The van der Waals surface area contributed by atoms with Gasteiger partial charge in [-0.25, -0.2) is 0 Å². The number of carbonyl (C=O) groups is 1. The molecule has 4 heteroatoms. The molecule has 4 nitrogen and oxygen atoms in total. The third-order valence-electron chi connectivity index (χ3n) is 10.8. The second-order valence-electron chi connectivity index (χ2n) is 15.8. The largest absolute Gasteiger partial charge is 0.394 e. The van der Waals surface area contributed by atoms with Gasteiger partial charge in [0, 0.05) is 6.42 Å². The minimum absolute atomic E-state index is 0.0624. The fourth-order valence-electron chi connectivity index (χ4n) is 7.24. The molecule has 0 saturated heterocycles. The smallest absolute Gasteiger partial charge is 0.220 e. The molecular formula is C46H91NO3. The average molecular weight is 706 g/mol. The van der Waals surface area contributed by atoms with E-state index in [1.54, 1.807) is 6.08 Å². The number of aliphatic hydroxyl groups excluding tert-OH is 2. The zero-order valence-corrected chi connectivity index (χ0v) is 34.2. The molecule has 0 aromatic rings. The summed E-state index contributed by atoms with van der Waals surface area (Å²) in [5.74, 6) is -0.0624. The van der Waals surface area contributed by atoms with Gasteiger partial charge in [-0.2, -0.15) is 0 Å². The molecule has 1 amide bonds. The fourth-order valence-corrected chi connectivity index (χ4v) is 7.24. The highest BCUT2D eigenvalue weighted by molar-refractivity contribution is 5.76. The van der Waals surface area contributed by atoms with Crippen LogP contribution >= 0.6 is 0 Å². The number of carbonyl (C=O) groups excluding carboxylic acids is 1. The number of nitrogens with one attached hydrogen (secondary N) is 1. The van der Waals surface area contributed by atoms with E-state index >= 15 is 0 Å². The molecule has 0 aromatic heterocycles. The first-order valence-electron chi connectivity index (χ1n) is 22.9. The number of hydrogen-bond acceptors (Lipinski definition) is 3. The molecule has 0 spiro atoms. The molecule has 0 fully saturated rings. The Hall–Kier alpha value is -0.870. The van der Waals surface area contributed by atoms with E-state index in [0.717, 1.165) is 25.7 Å². The number of allylic oxidation sites excluding steroid dienone is 1. The summed E-state index contributed by atoms with van der Waals surface area (Å²) in [5.41, 5.74) is 0. The molecule has 0 aromatic carbocycles. The molecule has 50 heavy (non-hydrogen) atoms. The lowest BCUT2D eigenvalue weighted by atomic mass is 10.0. The standard InChI is InChI=1S/C46H91NO3/c1-3-5-7-9-11-13-14-15-16-17-18-19-20-21-22-23-24-25-26-27-28-29-30-31-32-33-34-36-38-40-42-46(50)47-44(43-48)45(49)41-39-37-35-12-10-8-6-4-2/h39,41,44-45,48-49H,3-38,40,42-43H2,1-2H3,(H,47,50)/b41-39+. The molecule has 0 rings (SSSR count). The van der Waals surface area contributed by atoms with Gasteiger partial charge in [0.05, 0.1) is 18.8 Å². The van der Waals surface area contributed by atoms with Crippen LogP contribution in [0.15, 0.2) is 12.2 Å². The van der Waals surface area contributed by atoms with E-state index in [0.29, 0.717) is 6.42 Å². The summed E-state index contributed by atoms with van der Waals surface area (Å²) in [7, 11) is 0. The molecule has 0 heterocycles. The van der Waals surface area contributed by atoms with Crippen molar-refractivity contribution in [2.45, 2.75) is 270 Å². The first kappa shape index (κ1) is 49.1. The van der Waals surface area contributed by atoms with Gasteiger partial charge in [0.2, 0.25) is 5.91 Å². The number of amides is 1. The monoisotopic (exact) mass is 706 g/mol. The third-order valence-corrected chi connectivity index (χ3v) is 10.8. The molecule has 0 bridgehead atoms. The van der Waals surface area contributed by atoms with Gasteiger partial charge in [-0.05, 0) is 19.3 Å². The van der Waals surface area contributed by atoms with E-state index in [4.69, 9.17) is 0 Å². The van der Waals surface area contributed by atoms with E-state index in [2.05, 4.69) is 19.2 Å². The Balaban J connectivity index is 3.35. The Labute approximate surface area is 314 Å². The zero-order valence-electron chi connectivity index (χ0n) is 34.2. The number of hydrogen-bond donors (Lipinski definition) is 3. The van der Waals surface area contributed by atoms with Crippen LogP contribution in [0.4, 0.5) is 0 Å². The second-order valence-corrected chi connectivity index (χ2v) is 15.8. The maximum atomic E-state index is 12.3. The normalized spacial score (nSPS) is 13.0. The van der Waals surface area contributed by atoms with Crippen molar-refractivity contribution < 1.29 is 15.0 Å². The van der Waals surface area contributed by atoms with Gasteiger partial charge < -0.3 is 15.5 Å². The van der Waals surface area contributed by atoms with Crippen LogP contribution in [0.1, 0.15) is 258 Å². The molecule has 2 atom stereocenters. The van der Waals surface area contributed by atoms with Crippen molar-refractivity contribution in [3.63, 3.8) is 0 Å². The molecule has 3 N–H and O–H groups in total. The predicted molar refractivity (Wildman–Crippen MR) is 221 cm³/mol. The number of aliphatic hydroxyl groups is 2. The van der Waals surface area contributed by atoms with Crippen molar-refractivity contribution in [3.8, 4) is 0 Å². The van der Waals surface area contributed by atoms with Crippen LogP contribution in [0.3, 0.4) is 0 Å². The Morgan fingerprint density at radius 1 is 0.460 bits per heavy atom. The summed E-state index contributed by atoms with van der Waals surface area (Å²) in [6.07, 6.45) is 53.6. The highest BCUT2D eigenvalue weighted by Gasteiger charge is 2.17. The van der Waals surface area contributed by atoms with Gasteiger partial charge in [-0.15, -0.1) is 0 Å². The fraction of sp³-hybridized carbons (Fsp3) is 0.935. The lowest BCUT2D eigenvalue weighted by Gasteiger charge is -2.20. The average Bonchev–Trinajstić information content (AvgIpc) is 3.12. The lowest BCUT2D eigenvalue weighted by molar-refractivity contribution is -0.123. The maximum Gasteiger partial charge on any atom is 0.220 e. The zero-order chi connectivity index (χ0) is 36.4. The summed E-state index contributed by atoms with van der Waals surface area (Å²) < 4.78 is 0. The lowest BCUT2D eigenvalue weighted by Crippen LogP contribution is -2.45. The van der Waals surface area contributed by atoms with Gasteiger partial charge in [-0.3, -0.25) is 4.79 Å². The molecule has 0 aliphatic heterocycles. The summed E-state index contributed by atoms with van der Waals surface area (Å²) in [6.45, 7) is 4.29. The van der Waals surface area contributed by atoms with Crippen LogP contribution in [0.2, 0.25) is 0 Å². The van der Waals surface area contributed by atoms with E-state index in [9.17, 15) is 15.0 Å². The van der Waals surface area contributed by atoms with Crippen molar-refractivity contribution in [2.75, 3.05) is 6.61 Å². The molecule has 0 saturated carbocycles. The first-order chi connectivity index (χ1) is 24.7. The van der Waals surface area contributed by atoms with Crippen LogP contribution in [0, 0.1) is 0 Å². The molecule has 0 radical (unpaired) electrons. The Bertz CT molecular complexity index is 680. The van der Waals surface area contributed by atoms with Crippen molar-refractivity contribution in [1.82, 2.24) is 5.32 Å². The summed E-state index contributed by atoms with van der Waals surface area (Å²) >= 11 is 0. The van der Waals surface area contributed by atoms with Crippen molar-refractivity contribution in [2.24, 2.45) is 0 Å². The van der Waals surface area contributed by atoms with E-state index < -0.39 is 12.1 Å². The predicted octanol–water partition coefficient (Wildman–Crippen LogP) is 14.2. The molecule has 2 unspecified atom stereocenters. The Kier molecular flexibility index (Phi) is 41.8. The van der Waals surface area contributed by atoms with Crippen LogP contribution in [0.25, 0.3) is 0 Å². The van der Waals surface area contributed by atoms with Gasteiger partial charge in [0.25, 0.3) is 0 Å². The van der Waals surface area contributed by atoms with Gasteiger partial charge in [-0.1, -0.05) is 244 Å². The van der Waals surface area contributed by atoms with E-state index in [1.165, 1.54) is 212 Å². The van der Waals surface area contributed by atoms with Crippen molar-refractivity contribution in [1.29, 1.82) is 0 Å². The maximum absolute atomic E-state index is 12.3. The van der Waals surface area contributed by atoms with Crippen molar-refractivity contribution in [3.05, 3.63) is 12.2 Å². The number of unbranched alkanes of at least 4 members (excludes halogenated alkanes) is 35. The van der Waals surface area contributed by atoms with Crippen LogP contribution in [-0.4, -0.2) is 34.9 Å². The second kappa shape index (κ2) is 42.5. The summed E-state index contributed by atoms with van der Waals surface area (Å²) in [4.78, 5) is 12.3. The minimum atomic E-state index is -0.831. The molecule has 0 aliphatic carbocycles. The molecular weight excluding hydrogens is 615 g/mol. The quantitative estimate of drug-likeness (QED) is 0.0437. The van der Waals surface area contributed by atoms with Gasteiger partial charge in [0.1, 0.15) is 0 Å². The highest BCUT2D eigenvalue weighted by atomic mass is 16.3. The van der Waals surface area contributed by atoms with Crippen LogP contribution < -0.4 is 5.32 Å². The first-order valence-corrected chi connectivity index (χ1v) is 22.9. The topological polar surface area (TPSA) is 69.6 Å². The van der Waals surface area contributed by atoms with Crippen LogP contribution in [0.5, 0.6) is 0 Å². The van der Waals surface area contributed by atoms with E-state index in [-0.39, 0.29) is 12.5 Å². The molecule has 0 aliphatic rings. The third kappa shape index (κ3) is 38.4. The summed E-state index contributed by atoms with van der Waals surface area (Å²) in [6, 6.07) is -0.614. The van der Waals surface area contributed by atoms with Crippen LogP contribution in [-0.2, 0) is 4.79 Å². The SMILES string of the molecule is CCCCCCCC/C=C/C(O)C(CO)NC(=O)CCCCCCCCCCCCCCCCCCCCCCCCCCCCCCCC. The van der Waals surface area contributed by atoms with Gasteiger partial charge >= 0.3 is 0 Å². The van der Waals surface area contributed by atoms with E-state index in [1.807, 2.05) is 6.08 Å². The minimum Gasteiger partial charge on any atom is -0.394 e. The highest BCUT2D eigenvalue weighted by Crippen LogP contribution is 2.17. The van der Waals surface area contributed by atoms with Crippen molar-refractivity contribution >= 4 is 5.91 Å². The summed E-state index contributed by atoms with van der Waals surface area (Å²) in [5, 5.41) is 22.8. The Morgan fingerprint density at radius 2 is 0.740 bits per heavy atom.